The largest absolute Gasteiger partial charge is 0.369 e. The van der Waals surface area contributed by atoms with E-state index < -0.39 is 0 Å². The summed E-state index contributed by atoms with van der Waals surface area (Å²) in [6, 6.07) is 2.37. The number of hydrogen-bond acceptors (Lipinski definition) is 6. The van der Waals surface area contributed by atoms with Crippen molar-refractivity contribution in [1.82, 2.24) is 14.7 Å². The summed E-state index contributed by atoms with van der Waals surface area (Å²) in [4.78, 5) is 28.3. The molecule has 0 radical (unpaired) electrons. The zero-order valence-corrected chi connectivity index (χ0v) is 19.2. The second-order valence-corrected chi connectivity index (χ2v) is 9.55. The molecule has 3 aliphatic heterocycles. The molecule has 0 atom stereocenters. The first-order valence-corrected chi connectivity index (χ1v) is 10.8. The highest BCUT2D eigenvalue weighted by molar-refractivity contribution is 5.80. The van der Waals surface area contributed by atoms with Crippen LogP contribution in [0, 0.1) is 22.2 Å². The van der Waals surface area contributed by atoms with Gasteiger partial charge in [-0.3, -0.25) is 9.59 Å². The Balaban J connectivity index is 0.000000220. The van der Waals surface area contributed by atoms with E-state index in [2.05, 4.69) is 41.8 Å². The molecule has 0 unspecified atom stereocenters. The highest BCUT2D eigenvalue weighted by Crippen LogP contribution is 2.29. The van der Waals surface area contributed by atoms with Crippen LogP contribution in [0.4, 0.5) is 0 Å². The van der Waals surface area contributed by atoms with Crippen LogP contribution >= 0.6 is 0 Å². The first-order chi connectivity index (χ1) is 13.5. The zero-order chi connectivity index (χ0) is 22.1. The Labute approximate surface area is 177 Å². The molecule has 0 spiro atoms. The van der Waals surface area contributed by atoms with Crippen molar-refractivity contribution >= 4 is 11.7 Å². The summed E-state index contributed by atoms with van der Waals surface area (Å²) < 4.78 is 0. The van der Waals surface area contributed by atoms with E-state index >= 15 is 0 Å². The van der Waals surface area contributed by atoms with E-state index in [1.54, 1.807) is 0 Å². The Kier molecular flexibility index (Phi) is 10.2. The third-order valence-corrected chi connectivity index (χ3v) is 6.59. The summed E-state index contributed by atoms with van der Waals surface area (Å²) in [5, 5.41) is 8.77. The lowest BCUT2D eigenvalue weighted by molar-refractivity contribution is -0.129. The molecule has 2 N–H and O–H groups in total. The molecule has 0 aromatic carbocycles. The highest BCUT2D eigenvalue weighted by Gasteiger charge is 2.34. The van der Waals surface area contributed by atoms with E-state index in [-0.39, 0.29) is 16.7 Å². The molecule has 3 rings (SSSR count). The van der Waals surface area contributed by atoms with E-state index in [4.69, 9.17) is 11.0 Å². The average Bonchev–Trinajstić information content (AvgIpc) is 2.70. The van der Waals surface area contributed by atoms with Gasteiger partial charge >= 0.3 is 0 Å². The number of ketones is 1. The molecular formula is C22H41N5O2. The van der Waals surface area contributed by atoms with Gasteiger partial charge in [-0.2, -0.15) is 5.26 Å². The third-order valence-electron chi connectivity index (χ3n) is 6.59. The van der Waals surface area contributed by atoms with Crippen LogP contribution in [0.3, 0.4) is 0 Å². The molecule has 3 fully saturated rings. The van der Waals surface area contributed by atoms with Crippen LogP contribution in [0.1, 0.15) is 52.4 Å². The van der Waals surface area contributed by atoms with E-state index in [9.17, 15) is 9.59 Å². The number of rotatable bonds is 1. The second-order valence-electron chi connectivity index (χ2n) is 9.55. The Hall–Kier alpha value is -1.49. The number of hydrogen-bond donors (Lipinski definition) is 1. The fourth-order valence-corrected chi connectivity index (χ4v) is 3.45. The van der Waals surface area contributed by atoms with E-state index in [1.807, 2.05) is 14.0 Å². The summed E-state index contributed by atoms with van der Waals surface area (Å²) in [5.41, 5.74) is 5.01. The van der Waals surface area contributed by atoms with Gasteiger partial charge in [-0.15, -0.1) is 0 Å². The Morgan fingerprint density at radius 1 is 0.862 bits per heavy atom. The number of piperidine rings is 3. The zero-order valence-electron chi connectivity index (χ0n) is 19.2. The van der Waals surface area contributed by atoms with Crippen LogP contribution in [0.15, 0.2) is 0 Å². The van der Waals surface area contributed by atoms with Crippen molar-refractivity contribution < 1.29 is 9.59 Å². The minimum Gasteiger partial charge on any atom is -0.369 e. The molecule has 29 heavy (non-hydrogen) atoms. The van der Waals surface area contributed by atoms with Crippen molar-refractivity contribution in [2.45, 2.75) is 52.4 Å². The van der Waals surface area contributed by atoms with Crippen molar-refractivity contribution in [3.05, 3.63) is 0 Å². The molecule has 0 aliphatic carbocycles. The molecule has 166 valence electrons. The quantitative estimate of drug-likeness (QED) is 0.711. The molecule has 0 bridgehead atoms. The van der Waals surface area contributed by atoms with Crippen LogP contribution in [-0.4, -0.2) is 86.8 Å². The van der Waals surface area contributed by atoms with E-state index in [0.717, 1.165) is 77.8 Å². The first-order valence-electron chi connectivity index (χ1n) is 10.8. The summed E-state index contributed by atoms with van der Waals surface area (Å²) in [7, 11) is 6.23. The fraction of sp³-hybridized carbons (Fsp3) is 0.864. The number of primary amides is 1. The maximum Gasteiger partial charge on any atom is 0.223 e. The summed E-state index contributed by atoms with van der Waals surface area (Å²) in [6.45, 7) is 10.0. The normalized spacial score (nSPS) is 24.9. The summed E-state index contributed by atoms with van der Waals surface area (Å²) in [6.07, 6.45) is 5.38. The maximum atomic E-state index is 11.0. The van der Waals surface area contributed by atoms with Gasteiger partial charge < -0.3 is 20.4 Å². The summed E-state index contributed by atoms with van der Waals surface area (Å²) in [5.74, 6) is 0.272. The van der Waals surface area contributed by atoms with E-state index in [0.29, 0.717) is 5.78 Å². The van der Waals surface area contributed by atoms with Crippen LogP contribution in [0.2, 0.25) is 0 Å². The van der Waals surface area contributed by atoms with Crippen molar-refractivity contribution in [3.8, 4) is 6.07 Å². The van der Waals surface area contributed by atoms with Gasteiger partial charge in [-0.25, -0.2) is 0 Å². The van der Waals surface area contributed by atoms with Crippen molar-refractivity contribution in [2.75, 3.05) is 60.4 Å². The lowest BCUT2D eigenvalue weighted by Crippen LogP contribution is -2.44. The maximum absolute atomic E-state index is 11.0. The van der Waals surface area contributed by atoms with Crippen molar-refractivity contribution in [1.29, 1.82) is 5.26 Å². The molecule has 0 saturated carbocycles. The highest BCUT2D eigenvalue weighted by atomic mass is 16.1. The lowest BCUT2D eigenvalue weighted by atomic mass is 9.80. The van der Waals surface area contributed by atoms with Gasteiger partial charge in [-0.05, 0) is 79.9 Å². The Morgan fingerprint density at radius 3 is 1.59 bits per heavy atom. The number of nitriles is 1. The lowest BCUT2D eigenvalue weighted by Gasteiger charge is -2.35. The van der Waals surface area contributed by atoms with Crippen LogP contribution in [-0.2, 0) is 9.59 Å². The molecule has 3 saturated heterocycles. The molecule has 1 amide bonds. The van der Waals surface area contributed by atoms with Gasteiger partial charge in [0, 0.05) is 31.3 Å². The smallest absolute Gasteiger partial charge is 0.223 e. The van der Waals surface area contributed by atoms with Gasteiger partial charge in [0.1, 0.15) is 5.78 Å². The van der Waals surface area contributed by atoms with E-state index in [1.165, 1.54) is 0 Å². The SMILES string of the molecule is CN1CCC(=O)CC1.CN1CCC(C)(C#N)CC1.CN1CCC(C)(C(N)=O)CC1. The molecule has 3 heterocycles. The average molecular weight is 408 g/mol. The number of carbonyl (C=O) groups excluding carboxylic acids is 2. The van der Waals surface area contributed by atoms with Gasteiger partial charge in [0.15, 0.2) is 0 Å². The number of nitrogens with zero attached hydrogens (tertiary/aromatic N) is 4. The Morgan fingerprint density at radius 2 is 1.24 bits per heavy atom. The van der Waals surface area contributed by atoms with Gasteiger partial charge in [0.05, 0.1) is 11.5 Å². The number of Topliss-reactive ketones (excluding diaryl/α,β-unsaturated/α-hetero) is 1. The minimum absolute atomic E-state index is 0.0352. The monoisotopic (exact) mass is 407 g/mol. The Bertz CT molecular complexity index is 560. The first kappa shape index (κ1) is 25.5. The molecule has 0 aromatic rings. The number of likely N-dealkylation sites (tertiary alicyclic amines) is 3. The molecule has 0 aromatic heterocycles. The van der Waals surface area contributed by atoms with Gasteiger partial charge in [0.25, 0.3) is 0 Å². The van der Waals surface area contributed by atoms with Crippen molar-refractivity contribution in [3.63, 3.8) is 0 Å². The minimum atomic E-state index is -0.244. The molecular weight excluding hydrogens is 366 g/mol. The number of nitrogens with two attached hydrogens (primary N) is 1. The van der Waals surface area contributed by atoms with Crippen LogP contribution in [0.25, 0.3) is 0 Å². The third kappa shape index (κ3) is 9.24. The van der Waals surface area contributed by atoms with Crippen molar-refractivity contribution in [2.24, 2.45) is 16.6 Å². The number of amides is 1. The standard InChI is InChI=1S/C8H16N2O.C8H14N2.C6H11NO/c1-8(7(9)11)3-5-10(2)6-4-8;1-8(7-9)3-5-10(2)6-4-8;1-7-4-2-6(8)3-5-7/h3-6H2,1-2H3,(H2,9,11);3-6H2,1-2H3;2-5H2,1H3. The number of carbonyl (C=O) groups is 2. The van der Waals surface area contributed by atoms with Gasteiger partial charge in [-0.1, -0.05) is 6.92 Å². The molecule has 7 nitrogen and oxygen atoms in total. The molecule has 7 heteroatoms. The second kappa shape index (κ2) is 11.6. The fourth-order valence-electron chi connectivity index (χ4n) is 3.45. The van der Waals surface area contributed by atoms with Gasteiger partial charge in [0.2, 0.25) is 5.91 Å². The van der Waals surface area contributed by atoms with Crippen LogP contribution < -0.4 is 5.73 Å². The summed E-state index contributed by atoms with van der Waals surface area (Å²) >= 11 is 0. The van der Waals surface area contributed by atoms with Crippen LogP contribution in [0.5, 0.6) is 0 Å². The predicted octanol–water partition coefficient (Wildman–Crippen LogP) is 1.73. The molecule has 3 aliphatic rings. The predicted molar refractivity (Wildman–Crippen MR) is 116 cm³/mol. The topological polar surface area (TPSA) is 93.7 Å².